The van der Waals surface area contributed by atoms with Gasteiger partial charge in [-0.25, -0.2) is 4.79 Å². The van der Waals surface area contributed by atoms with Crippen LogP contribution < -0.4 is 9.47 Å². The third kappa shape index (κ3) is 4.22. The molecule has 2 aromatic rings. The van der Waals surface area contributed by atoms with E-state index in [1.54, 1.807) is 24.3 Å². The molecule has 6 heteroatoms. The molecular formula is C21H19BrO5. The summed E-state index contributed by atoms with van der Waals surface area (Å²) in [6.07, 6.45) is 4.43. The number of carbonyl (C=O) groups excluding carboxylic acids is 2. The maximum absolute atomic E-state index is 12.8. The van der Waals surface area contributed by atoms with E-state index in [1.807, 2.05) is 24.3 Å². The van der Waals surface area contributed by atoms with E-state index in [2.05, 4.69) is 20.7 Å². The molecule has 1 aliphatic carbocycles. The molecule has 1 fully saturated rings. The number of methoxy groups -OCH3 is 2. The molecule has 1 aliphatic rings. The fourth-order valence-electron chi connectivity index (χ4n) is 2.81. The standard InChI is InChI=1S/C21H19BrO5/c1-25-18-13-14(4-10-19(23)26-2)3-9-17(18)27-20(24)21(11-12-21)15-5-7-16(22)8-6-15/h3-10,13H,11-12H2,1-2H3/b10-4+. The summed E-state index contributed by atoms with van der Waals surface area (Å²) in [6, 6.07) is 12.8. The van der Waals surface area contributed by atoms with Gasteiger partial charge in [-0.3, -0.25) is 4.79 Å². The molecule has 0 unspecified atom stereocenters. The van der Waals surface area contributed by atoms with Gasteiger partial charge in [-0.05, 0) is 54.3 Å². The molecule has 2 aromatic carbocycles. The Morgan fingerprint density at radius 3 is 2.33 bits per heavy atom. The Balaban J connectivity index is 1.78. The van der Waals surface area contributed by atoms with E-state index in [-0.39, 0.29) is 5.97 Å². The third-order valence-corrected chi connectivity index (χ3v) is 5.07. The highest BCUT2D eigenvalue weighted by atomic mass is 79.9. The van der Waals surface area contributed by atoms with Crippen LogP contribution in [0.4, 0.5) is 0 Å². The smallest absolute Gasteiger partial charge is 0.330 e. The molecule has 27 heavy (non-hydrogen) atoms. The average Bonchev–Trinajstić information content (AvgIpc) is 3.49. The minimum absolute atomic E-state index is 0.291. The first-order chi connectivity index (χ1) is 13.0. The van der Waals surface area contributed by atoms with Crippen molar-refractivity contribution >= 4 is 33.9 Å². The van der Waals surface area contributed by atoms with Crippen LogP contribution >= 0.6 is 15.9 Å². The quantitative estimate of drug-likeness (QED) is 0.388. The summed E-state index contributed by atoms with van der Waals surface area (Å²) < 4.78 is 16.5. The van der Waals surface area contributed by atoms with Crippen LogP contribution in [0.3, 0.4) is 0 Å². The fraction of sp³-hybridized carbons (Fsp3) is 0.238. The number of hydrogen-bond acceptors (Lipinski definition) is 5. The lowest BCUT2D eigenvalue weighted by Gasteiger charge is -2.16. The molecule has 0 aromatic heterocycles. The number of ether oxygens (including phenoxy) is 3. The Kier molecular flexibility index (Phi) is 5.65. The number of rotatable bonds is 6. The molecule has 0 spiro atoms. The zero-order chi connectivity index (χ0) is 19.4. The van der Waals surface area contributed by atoms with Crippen LogP contribution in [-0.4, -0.2) is 26.2 Å². The van der Waals surface area contributed by atoms with Crippen LogP contribution in [-0.2, 0) is 19.7 Å². The zero-order valence-electron chi connectivity index (χ0n) is 15.0. The van der Waals surface area contributed by atoms with E-state index in [0.717, 1.165) is 28.4 Å². The Morgan fingerprint density at radius 2 is 1.74 bits per heavy atom. The summed E-state index contributed by atoms with van der Waals surface area (Å²) in [5, 5.41) is 0. The van der Waals surface area contributed by atoms with Gasteiger partial charge in [-0.15, -0.1) is 0 Å². The maximum Gasteiger partial charge on any atom is 0.330 e. The average molecular weight is 431 g/mol. The van der Waals surface area contributed by atoms with Crippen LogP contribution in [0.25, 0.3) is 6.08 Å². The minimum Gasteiger partial charge on any atom is -0.493 e. The third-order valence-electron chi connectivity index (χ3n) is 4.54. The molecule has 0 saturated heterocycles. The monoisotopic (exact) mass is 430 g/mol. The van der Waals surface area contributed by atoms with E-state index >= 15 is 0 Å². The van der Waals surface area contributed by atoms with Crippen molar-refractivity contribution in [2.75, 3.05) is 14.2 Å². The van der Waals surface area contributed by atoms with Crippen LogP contribution in [0.15, 0.2) is 53.0 Å². The van der Waals surface area contributed by atoms with Crippen molar-refractivity contribution in [1.29, 1.82) is 0 Å². The lowest BCUT2D eigenvalue weighted by atomic mass is 9.96. The van der Waals surface area contributed by atoms with Gasteiger partial charge >= 0.3 is 11.9 Å². The minimum atomic E-state index is -0.588. The summed E-state index contributed by atoms with van der Waals surface area (Å²) in [5.74, 6) is 0.0266. The van der Waals surface area contributed by atoms with Gasteiger partial charge in [0.15, 0.2) is 11.5 Å². The molecule has 0 heterocycles. The van der Waals surface area contributed by atoms with Crippen molar-refractivity contribution in [2.24, 2.45) is 0 Å². The number of esters is 2. The summed E-state index contributed by atoms with van der Waals surface area (Å²) in [4.78, 5) is 24.0. The van der Waals surface area contributed by atoms with Crippen molar-refractivity contribution in [2.45, 2.75) is 18.3 Å². The zero-order valence-corrected chi connectivity index (χ0v) is 16.6. The van der Waals surface area contributed by atoms with Gasteiger partial charge in [0.05, 0.1) is 19.6 Å². The van der Waals surface area contributed by atoms with Gasteiger partial charge in [0.25, 0.3) is 0 Å². The van der Waals surface area contributed by atoms with Gasteiger partial charge < -0.3 is 14.2 Å². The Hall–Kier alpha value is -2.60. The first-order valence-corrected chi connectivity index (χ1v) is 9.20. The molecule has 0 radical (unpaired) electrons. The lowest BCUT2D eigenvalue weighted by molar-refractivity contribution is -0.137. The SMILES string of the molecule is COC(=O)/C=C/c1ccc(OC(=O)C2(c3ccc(Br)cc3)CC2)c(OC)c1. The van der Waals surface area contributed by atoms with Crippen LogP contribution in [0.2, 0.25) is 0 Å². The number of hydrogen-bond donors (Lipinski definition) is 0. The topological polar surface area (TPSA) is 61.8 Å². The van der Waals surface area contributed by atoms with Crippen LogP contribution in [0, 0.1) is 0 Å². The van der Waals surface area contributed by atoms with Crippen molar-refractivity contribution in [3.8, 4) is 11.5 Å². The molecule has 1 saturated carbocycles. The summed E-state index contributed by atoms with van der Waals surface area (Å²) >= 11 is 3.41. The molecule has 5 nitrogen and oxygen atoms in total. The van der Waals surface area contributed by atoms with Gasteiger partial charge in [0.2, 0.25) is 0 Å². The summed E-state index contributed by atoms with van der Waals surface area (Å²) in [5.41, 5.74) is 1.09. The van der Waals surface area contributed by atoms with Crippen molar-refractivity contribution < 1.29 is 23.8 Å². The summed E-state index contributed by atoms with van der Waals surface area (Å²) in [6.45, 7) is 0. The lowest BCUT2D eigenvalue weighted by Crippen LogP contribution is -2.26. The Labute approximate surface area is 166 Å². The highest BCUT2D eigenvalue weighted by Crippen LogP contribution is 2.49. The van der Waals surface area contributed by atoms with E-state index in [1.165, 1.54) is 20.3 Å². The second-order valence-electron chi connectivity index (χ2n) is 6.25. The largest absolute Gasteiger partial charge is 0.493 e. The van der Waals surface area contributed by atoms with Gasteiger partial charge in [0.1, 0.15) is 0 Å². The molecule has 0 aliphatic heterocycles. The second kappa shape index (κ2) is 7.96. The number of benzene rings is 2. The molecule has 0 bridgehead atoms. The Morgan fingerprint density at radius 1 is 1.04 bits per heavy atom. The first kappa shape index (κ1) is 19.2. The van der Waals surface area contributed by atoms with E-state index in [0.29, 0.717) is 11.5 Å². The molecule has 0 amide bonds. The van der Waals surface area contributed by atoms with E-state index < -0.39 is 11.4 Å². The first-order valence-electron chi connectivity index (χ1n) is 8.41. The summed E-state index contributed by atoms with van der Waals surface area (Å²) in [7, 11) is 2.82. The van der Waals surface area contributed by atoms with Gasteiger partial charge in [-0.1, -0.05) is 34.1 Å². The van der Waals surface area contributed by atoms with E-state index in [9.17, 15) is 9.59 Å². The fourth-order valence-corrected chi connectivity index (χ4v) is 3.07. The predicted molar refractivity (Wildman–Crippen MR) is 105 cm³/mol. The molecule has 0 N–H and O–H groups in total. The number of carbonyl (C=O) groups is 2. The van der Waals surface area contributed by atoms with Crippen LogP contribution in [0.5, 0.6) is 11.5 Å². The van der Waals surface area contributed by atoms with Crippen molar-refractivity contribution in [1.82, 2.24) is 0 Å². The Bertz CT molecular complexity index is 882. The number of halogens is 1. The molecular weight excluding hydrogens is 412 g/mol. The molecule has 3 rings (SSSR count). The second-order valence-corrected chi connectivity index (χ2v) is 7.16. The predicted octanol–water partition coefficient (Wildman–Crippen LogP) is 4.28. The van der Waals surface area contributed by atoms with Crippen molar-refractivity contribution in [3.05, 3.63) is 64.1 Å². The van der Waals surface area contributed by atoms with Crippen LogP contribution in [0.1, 0.15) is 24.0 Å². The molecule has 140 valence electrons. The van der Waals surface area contributed by atoms with Gasteiger partial charge in [0, 0.05) is 10.5 Å². The molecule has 0 atom stereocenters. The normalized spacial score (nSPS) is 14.6. The maximum atomic E-state index is 12.8. The van der Waals surface area contributed by atoms with Crippen molar-refractivity contribution in [3.63, 3.8) is 0 Å². The van der Waals surface area contributed by atoms with Gasteiger partial charge in [-0.2, -0.15) is 0 Å². The van der Waals surface area contributed by atoms with E-state index in [4.69, 9.17) is 9.47 Å². The highest BCUT2D eigenvalue weighted by molar-refractivity contribution is 9.10. The highest BCUT2D eigenvalue weighted by Gasteiger charge is 2.53.